The highest BCUT2D eigenvalue weighted by atomic mass is 16.5. The van der Waals surface area contributed by atoms with Gasteiger partial charge in [-0.05, 0) is 87.4 Å². The standard InChI is InChI=1S/C27H35N7O4/c1-17-12-20(14-23(29-17)25(35)28-15-19-6-5-7-22(13-19)38-4)24-31-33-34(32-24)16-18-8-10-21(11-9-18)30-26(36)27(2,3)37/h5-7,12-14,18,21,37H,8-11,15-16H2,1-4H3,(H,28,35)(H,30,36)/t18-,21+. The van der Waals surface area contributed by atoms with E-state index in [0.29, 0.717) is 36.1 Å². The molecule has 0 aliphatic heterocycles. The second kappa shape index (κ2) is 11.7. The Hall–Kier alpha value is -3.86. The van der Waals surface area contributed by atoms with Crippen LogP contribution in [0.15, 0.2) is 36.4 Å². The Kier molecular flexibility index (Phi) is 8.35. The van der Waals surface area contributed by atoms with Gasteiger partial charge >= 0.3 is 0 Å². The van der Waals surface area contributed by atoms with Gasteiger partial charge in [0.1, 0.15) is 17.0 Å². The number of hydrogen-bond acceptors (Lipinski definition) is 8. The van der Waals surface area contributed by atoms with Crippen LogP contribution in [0, 0.1) is 12.8 Å². The molecule has 1 aliphatic rings. The van der Waals surface area contributed by atoms with Gasteiger partial charge in [-0.3, -0.25) is 9.59 Å². The molecule has 0 saturated heterocycles. The molecule has 4 rings (SSSR count). The van der Waals surface area contributed by atoms with Crippen molar-refractivity contribution in [3.8, 4) is 17.1 Å². The van der Waals surface area contributed by atoms with Crippen LogP contribution >= 0.6 is 0 Å². The number of tetrazole rings is 1. The maximum atomic E-state index is 12.8. The average Bonchev–Trinajstić information content (AvgIpc) is 3.36. The zero-order valence-corrected chi connectivity index (χ0v) is 22.3. The van der Waals surface area contributed by atoms with Crippen molar-refractivity contribution in [2.24, 2.45) is 5.92 Å². The average molecular weight is 522 g/mol. The van der Waals surface area contributed by atoms with Gasteiger partial charge in [0.2, 0.25) is 5.82 Å². The van der Waals surface area contributed by atoms with E-state index in [2.05, 4.69) is 31.0 Å². The molecular formula is C27H35N7O4. The zero-order valence-electron chi connectivity index (χ0n) is 22.3. The summed E-state index contributed by atoms with van der Waals surface area (Å²) >= 11 is 0. The first-order valence-corrected chi connectivity index (χ1v) is 12.8. The highest BCUT2D eigenvalue weighted by Gasteiger charge is 2.29. The highest BCUT2D eigenvalue weighted by molar-refractivity contribution is 5.93. The molecule has 0 spiro atoms. The monoisotopic (exact) mass is 521 g/mol. The highest BCUT2D eigenvalue weighted by Crippen LogP contribution is 2.26. The number of amides is 2. The number of aryl methyl sites for hydroxylation is 1. The summed E-state index contributed by atoms with van der Waals surface area (Å²) in [6.07, 6.45) is 3.51. The second-order valence-electron chi connectivity index (χ2n) is 10.3. The van der Waals surface area contributed by atoms with Crippen LogP contribution in [0.3, 0.4) is 0 Å². The zero-order chi connectivity index (χ0) is 27.3. The van der Waals surface area contributed by atoms with Crippen LogP contribution in [0.5, 0.6) is 5.75 Å². The quantitative estimate of drug-likeness (QED) is 0.389. The fourth-order valence-electron chi connectivity index (χ4n) is 4.49. The van der Waals surface area contributed by atoms with Crippen LogP contribution < -0.4 is 15.4 Å². The number of hydrogen-bond donors (Lipinski definition) is 3. The number of carbonyl (C=O) groups is 2. The molecule has 1 aromatic carbocycles. The molecule has 2 aromatic heterocycles. The minimum Gasteiger partial charge on any atom is -0.497 e. The lowest BCUT2D eigenvalue weighted by Gasteiger charge is -2.30. The van der Waals surface area contributed by atoms with Gasteiger partial charge in [-0.1, -0.05) is 12.1 Å². The van der Waals surface area contributed by atoms with Crippen molar-refractivity contribution in [2.45, 2.75) is 71.2 Å². The van der Waals surface area contributed by atoms with Crippen LogP contribution in [-0.4, -0.2) is 60.9 Å². The first-order valence-electron chi connectivity index (χ1n) is 12.8. The Labute approximate surface area is 222 Å². The van der Waals surface area contributed by atoms with Gasteiger partial charge in [0, 0.05) is 23.8 Å². The van der Waals surface area contributed by atoms with Crippen LogP contribution in [0.25, 0.3) is 11.4 Å². The van der Waals surface area contributed by atoms with Crippen molar-refractivity contribution in [1.29, 1.82) is 0 Å². The third kappa shape index (κ3) is 7.12. The number of aromatic nitrogens is 5. The molecule has 2 amide bonds. The van der Waals surface area contributed by atoms with Crippen molar-refractivity contribution in [2.75, 3.05) is 7.11 Å². The summed E-state index contributed by atoms with van der Waals surface area (Å²) in [5.41, 5.74) is 1.18. The number of rotatable bonds is 9. The number of pyridine rings is 1. The van der Waals surface area contributed by atoms with Crippen LogP contribution in [0.4, 0.5) is 0 Å². The normalized spacial score (nSPS) is 17.6. The van der Waals surface area contributed by atoms with Crippen molar-refractivity contribution in [3.05, 3.63) is 53.3 Å². The van der Waals surface area contributed by atoms with Gasteiger partial charge in [0.25, 0.3) is 11.8 Å². The van der Waals surface area contributed by atoms with E-state index < -0.39 is 5.60 Å². The van der Waals surface area contributed by atoms with Crippen LogP contribution in [-0.2, 0) is 17.9 Å². The number of aliphatic hydroxyl groups is 1. The Bertz CT molecular complexity index is 1280. The molecule has 0 atom stereocenters. The third-order valence-electron chi connectivity index (χ3n) is 6.64. The fraction of sp³-hybridized carbons (Fsp3) is 0.481. The van der Waals surface area contributed by atoms with E-state index in [9.17, 15) is 14.7 Å². The lowest BCUT2D eigenvalue weighted by Crippen LogP contribution is -2.47. The molecule has 11 heteroatoms. The van der Waals surface area contributed by atoms with Crippen molar-refractivity contribution < 1.29 is 19.4 Å². The van der Waals surface area contributed by atoms with E-state index in [1.54, 1.807) is 18.0 Å². The topological polar surface area (TPSA) is 144 Å². The van der Waals surface area contributed by atoms with Gasteiger partial charge in [0.05, 0.1) is 13.7 Å². The van der Waals surface area contributed by atoms with Gasteiger partial charge in [-0.15, -0.1) is 10.2 Å². The molecule has 2 heterocycles. The maximum absolute atomic E-state index is 12.8. The Balaban J connectivity index is 1.34. The molecule has 1 saturated carbocycles. The molecule has 38 heavy (non-hydrogen) atoms. The minimum atomic E-state index is -1.38. The number of benzene rings is 1. The number of methoxy groups -OCH3 is 1. The smallest absolute Gasteiger partial charge is 0.270 e. The predicted octanol–water partition coefficient (Wildman–Crippen LogP) is 2.43. The predicted molar refractivity (Wildman–Crippen MR) is 140 cm³/mol. The van der Waals surface area contributed by atoms with E-state index in [4.69, 9.17) is 4.74 Å². The lowest BCUT2D eigenvalue weighted by atomic mass is 9.86. The molecule has 0 bridgehead atoms. The summed E-state index contributed by atoms with van der Waals surface area (Å²) in [5.74, 6) is 0.892. The van der Waals surface area contributed by atoms with Crippen molar-refractivity contribution in [3.63, 3.8) is 0 Å². The maximum Gasteiger partial charge on any atom is 0.270 e. The fourth-order valence-corrected chi connectivity index (χ4v) is 4.49. The van der Waals surface area contributed by atoms with E-state index in [1.807, 2.05) is 37.3 Å². The second-order valence-corrected chi connectivity index (χ2v) is 10.3. The summed E-state index contributed by atoms with van der Waals surface area (Å²) in [6, 6.07) is 11.1. The molecule has 0 unspecified atom stereocenters. The number of nitrogens with zero attached hydrogens (tertiary/aromatic N) is 5. The number of carbonyl (C=O) groups excluding carboxylic acids is 2. The van der Waals surface area contributed by atoms with Crippen LogP contribution in [0.2, 0.25) is 0 Å². The Morgan fingerprint density at radius 2 is 1.92 bits per heavy atom. The molecule has 0 radical (unpaired) electrons. The van der Waals surface area contributed by atoms with Gasteiger partial charge in [0.15, 0.2) is 0 Å². The van der Waals surface area contributed by atoms with Gasteiger partial charge in [-0.2, -0.15) is 4.80 Å². The minimum absolute atomic E-state index is 0.0673. The largest absolute Gasteiger partial charge is 0.497 e. The first kappa shape index (κ1) is 27.2. The van der Waals surface area contributed by atoms with Crippen molar-refractivity contribution in [1.82, 2.24) is 35.8 Å². The van der Waals surface area contributed by atoms with Gasteiger partial charge < -0.3 is 20.5 Å². The Morgan fingerprint density at radius 3 is 2.63 bits per heavy atom. The molecular weight excluding hydrogens is 486 g/mol. The molecule has 1 aliphatic carbocycles. The summed E-state index contributed by atoms with van der Waals surface area (Å²) < 4.78 is 5.24. The summed E-state index contributed by atoms with van der Waals surface area (Å²) in [4.78, 5) is 30.8. The number of ether oxygens (including phenoxy) is 1. The number of nitrogens with one attached hydrogen (secondary N) is 2. The third-order valence-corrected chi connectivity index (χ3v) is 6.64. The summed E-state index contributed by atoms with van der Waals surface area (Å²) in [5, 5.41) is 28.7. The van der Waals surface area contributed by atoms with E-state index in [1.165, 1.54) is 13.8 Å². The van der Waals surface area contributed by atoms with Gasteiger partial charge in [-0.25, -0.2) is 4.98 Å². The van der Waals surface area contributed by atoms with E-state index in [-0.39, 0.29) is 23.6 Å². The van der Waals surface area contributed by atoms with Crippen LogP contribution in [0.1, 0.15) is 61.3 Å². The SMILES string of the molecule is COc1cccc(CNC(=O)c2cc(-c3nnn(C[C@H]4CC[C@@H](NC(=O)C(C)(C)O)CC4)n3)cc(C)n2)c1. The first-order chi connectivity index (χ1) is 18.1. The lowest BCUT2D eigenvalue weighted by molar-refractivity contribution is -0.137. The molecule has 1 fully saturated rings. The molecule has 3 N–H and O–H groups in total. The summed E-state index contributed by atoms with van der Waals surface area (Å²) in [6.45, 7) is 5.77. The van der Waals surface area contributed by atoms with Crippen molar-refractivity contribution >= 4 is 11.8 Å². The molecule has 202 valence electrons. The Morgan fingerprint density at radius 1 is 1.16 bits per heavy atom. The molecule has 11 nitrogen and oxygen atoms in total. The molecule has 3 aromatic rings. The van der Waals surface area contributed by atoms with E-state index >= 15 is 0 Å². The summed E-state index contributed by atoms with van der Waals surface area (Å²) in [7, 11) is 1.60. The van der Waals surface area contributed by atoms with E-state index in [0.717, 1.165) is 37.0 Å².